The number of nitrogens with one attached hydrogen (secondary N) is 2. The van der Waals surface area contributed by atoms with Crippen LogP contribution >= 0.6 is 0 Å². The van der Waals surface area contributed by atoms with Crippen molar-refractivity contribution in [3.8, 4) is 11.1 Å². The fraction of sp³-hybridized carbons (Fsp3) is 0.320. The molecule has 0 bridgehead atoms. The number of aromatic nitrogens is 3. The van der Waals surface area contributed by atoms with Gasteiger partial charge >= 0.3 is 12.1 Å². The molecule has 1 aliphatic heterocycles. The summed E-state index contributed by atoms with van der Waals surface area (Å²) >= 11 is 0. The predicted molar refractivity (Wildman–Crippen MR) is 126 cm³/mol. The maximum absolute atomic E-state index is 12.9. The number of ether oxygens (including phenoxy) is 1. The van der Waals surface area contributed by atoms with Crippen molar-refractivity contribution in [2.75, 3.05) is 18.5 Å². The molecule has 1 aliphatic carbocycles. The topological polar surface area (TPSA) is 138 Å². The Morgan fingerprint density at radius 1 is 1.11 bits per heavy atom. The second-order valence-electron chi connectivity index (χ2n) is 8.86. The molecule has 10 nitrogen and oxygen atoms in total. The minimum absolute atomic E-state index is 0.0912. The summed E-state index contributed by atoms with van der Waals surface area (Å²) < 4.78 is 5.48. The SMILES string of the molecule is CC1CCCN(C(=O)c2nc(NC(=O)OCC3c4ccccc4-c4ccccc43)n[nH]2)C1C(=O)O. The number of benzene rings is 2. The summed E-state index contributed by atoms with van der Waals surface area (Å²) in [5, 5.41) is 18.3. The molecular weight excluding hydrogens is 450 g/mol. The maximum Gasteiger partial charge on any atom is 0.414 e. The van der Waals surface area contributed by atoms with Gasteiger partial charge in [-0.15, -0.1) is 5.10 Å². The highest BCUT2D eigenvalue weighted by molar-refractivity contribution is 5.94. The molecule has 0 radical (unpaired) electrons. The molecule has 0 spiro atoms. The van der Waals surface area contributed by atoms with Crippen LogP contribution in [-0.2, 0) is 9.53 Å². The van der Waals surface area contributed by atoms with Gasteiger partial charge in [0.2, 0.25) is 5.82 Å². The second-order valence-corrected chi connectivity index (χ2v) is 8.86. The van der Waals surface area contributed by atoms with E-state index in [1.54, 1.807) is 0 Å². The minimum atomic E-state index is -1.05. The van der Waals surface area contributed by atoms with Crippen LogP contribution in [0.4, 0.5) is 10.7 Å². The van der Waals surface area contributed by atoms with Gasteiger partial charge in [-0.3, -0.25) is 15.2 Å². The van der Waals surface area contributed by atoms with E-state index in [9.17, 15) is 19.5 Å². The lowest BCUT2D eigenvalue weighted by Crippen LogP contribution is -2.52. The van der Waals surface area contributed by atoms with Crippen LogP contribution in [0.3, 0.4) is 0 Å². The predicted octanol–water partition coefficient (Wildman–Crippen LogP) is 3.49. The van der Waals surface area contributed by atoms with Crippen LogP contribution in [0, 0.1) is 5.92 Å². The molecule has 2 unspecified atom stereocenters. The highest BCUT2D eigenvalue weighted by Gasteiger charge is 2.38. The Bertz CT molecular complexity index is 1240. The third-order valence-corrected chi connectivity index (χ3v) is 6.69. The van der Waals surface area contributed by atoms with Crippen LogP contribution in [0.15, 0.2) is 48.5 Å². The smallest absolute Gasteiger partial charge is 0.414 e. The van der Waals surface area contributed by atoms with Crippen LogP contribution in [0.1, 0.15) is 47.4 Å². The standard InChI is InChI=1S/C25H25N5O5/c1-14-7-6-12-30(20(14)23(32)33)22(31)21-26-24(29-28-21)27-25(34)35-13-19-17-10-4-2-8-15(17)16-9-3-5-11-18(16)19/h2-5,8-11,14,19-20H,6-7,12-13H2,1H3,(H,32,33)(H2,26,27,28,29,34). The molecule has 10 heteroatoms. The molecule has 1 fully saturated rings. The fourth-order valence-corrected chi connectivity index (χ4v) is 5.07. The first-order valence-corrected chi connectivity index (χ1v) is 11.5. The highest BCUT2D eigenvalue weighted by atomic mass is 16.5. The lowest BCUT2D eigenvalue weighted by Gasteiger charge is -2.36. The van der Waals surface area contributed by atoms with Gasteiger partial charge in [0.15, 0.2) is 0 Å². The van der Waals surface area contributed by atoms with E-state index in [2.05, 4.69) is 32.6 Å². The number of likely N-dealkylation sites (tertiary alicyclic amines) is 1. The van der Waals surface area contributed by atoms with Crippen LogP contribution in [-0.4, -0.2) is 62.4 Å². The number of carboxylic acid groups (broad SMARTS) is 1. The highest BCUT2D eigenvalue weighted by Crippen LogP contribution is 2.44. The zero-order valence-corrected chi connectivity index (χ0v) is 19.1. The molecule has 5 rings (SSSR count). The molecule has 3 N–H and O–H groups in total. The molecule has 3 aromatic rings. The Balaban J connectivity index is 1.23. The second kappa shape index (κ2) is 9.21. The van der Waals surface area contributed by atoms with Crippen molar-refractivity contribution in [3.63, 3.8) is 0 Å². The normalized spacial score (nSPS) is 19.1. The van der Waals surface area contributed by atoms with Crippen molar-refractivity contribution in [3.05, 3.63) is 65.5 Å². The van der Waals surface area contributed by atoms with Gasteiger partial charge in [-0.25, -0.2) is 9.59 Å². The molecule has 180 valence electrons. The van der Waals surface area contributed by atoms with Gasteiger partial charge in [-0.1, -0.05) is 55.5 Å². The number of piperidine rings is 1. The van der Waals surface area contributed by atoms with Gasteiger partial charge in [-0.05, 0) is 41.0 Å². The summed E-state index contributed by atoms with van der Waals surface area (Å²) in [7, 11) is 0. The molecular formula is C25H25N5O5. The number of carbonyl (C=O) groups is 3. The first-order valence-electron chi connectivity index (χ1n) is 11.5. The Morgan fingerprint density at radius 2 is 1.77 bits per heavy atom. The Morgan fingerprint density at radius 3 is 2.43 bits per heavy atom. The summed E-state index contributed by atoms with van der Waals surface area (Å²) in [4.78, 5) is 42.3. The molecule has 2 atom stereocenters. The van der Waals surface area contributed by atoms with E-state index >= 15 is 0 Å². The number of aromatic amines is 1. The first kappa shape index (κ1) is 22.6. The molecule has 2 aromatic carbocycles. The Kier molecular flexibility index (Phi) is 5.94. The molecule has 2 aliphatic rings. The van der Waals surface area contributed by atoms with Gasteiger partial charge in [-0.2, -0.15) is 4.98 Å². The van der Waals surface area contributed by atoms with Crippen LogP contribution in [0.5, 0.6) is 0 Å². The van der Waals surface area contributed by atoms with E-state index in [-0.39, 0.29) is 30.2 Å². The minimum Gasteiger partial charge on any atom is -0.480 e. The third kappa shape index (κ3) is 4.23. The Labute approximate surface area is 201 Å². The van der Waals surface area contributed by atoms with E-state index < -0.39 is 24.0 Å². The lowest BCUT2D eigenvalue weighted by molar-refractivity contribution is -0.145. The van der Waals surface area contributed by atoms with Gasteiger partial charge in [0.05, 0.1) is 0 Å². The fourth-order valence-electron chi connectivity index (χ4n) is 5.07. The maximum atomic E-state index is 12.9. The quantitative estimate of drug-likeness (QED) is 0.514. The van der Waals surface area contributed by atoms with E-state index in [0.717, 1.165) is 28.7 Å². The number of H-pyrrole nitrogens is 1. The van der Waals surface area contributed by atoms with Crippen LogP contribution in [0.25, 0.3) is 11.1 Å². The lowest BCUT2D eigenvalue weighted by atomic mass is 9.90. The monoisotopic (exact) mass is 475 g/mol. The third-order valence-electron chi connectivity index (χ3n) is 6.69. The molecule has 0 saturated carbocycles. The number of carboxylic acids is 1. The molecule has 1 aromatic heterocycles. The number of hydrogen-bond donors (Lipinski definition) is 3. The van der Waals surface area contributed by atoms with E-state index in [4.69, 9.17) is 4.74 Å². The first-order chi connectivity index (χ1) is 16.9. The van der Waals surface area contributed by atoms with Crippen LogP contribution < -0.4 is 5.32 Å². The summed E-state index contributed by atoms with van der Waals surface area (Å²) in [6, 6.07) is 15.1. The summed E-state index contributed by atoms with van der Waals surface area (Å²) in [5.41, 5.74) is 4.44. The number of aliphatic carboxylic acids is 1. The number of nitrogens with zero attached hydrogens (tertiary/aromatic N) is 3. The number of rotatable bonds is 5. The summed E-state index contributed by atoms with van der Waals surface area (Å²) in [6.07, 6.45) is 0.682. The number of hydrogen-bond acceptors (Lipinski definition) is 6. The van der Waals surface area contributed by atoms with Gasteiger partial charge < -0.3 is 14.7 Å². The molecule has 1 saturated heterocycles. The van der Waals surface area contributed by atoms with E-state index in [0.29, 0.717) is 13.0 Å². The van der Waals surface area contributed by atoms with Crippen molar-refractivity contribution < 1.29 is 24.2 Å². The van der Waals surface area contributed by atoms with Crippen molar-refractivity contribution in [1.29, 1.82) is 0 Å². The zero-order valence-electron chi connectivity index (χ0n) is 19.1. The van der Waals surface area contributed by atoms with Gasteiger partial charge in [0.25, 0.3) is 11.9 Å². The summed E-state index contributed by atoms with van der Waals surface area (Å²) in [5.74, 6) is -2.15. The molecule has 35 heavy (non-hydrogen) atoms. The van der Waals surface area contributed by atoms with Gasteiger partial charge in [0.1, 0.15) is 12.6 Å². The number of fused-ring (bicyclic) bond motifs is 3. The Hall–Kier alpha value is -4.21. The number of amides is 2. The number of carbonyl (C=O) groups excluding carboxylic acids is 2. The van der Waals surface area contributed by atoms with Crippen molar-refractivity contribution >= 4 is 23.9 Å². The van der Waals surface area contributed by atoms with E-state index in [1.807, 2.05) is 43.3 Å². The van der Waals surface area contributed by atoms with Crippen molar-refractivity contribution in [2.24, 2.45) is 5.92 Å². The van der Waals surface area contributed by atoms with Crippen molar-refractivity contribution in [2.45, 2.75) is 31.7 Å². The summed E-state index contributed by atoms with van der Waals surface area (Å²) in [6.45, 7) is 2.25. The number of anilines is 1. The average molecular weight is 476 g/mol. The van der Waals surface area contributed by atoms with E-state index in [1.165, 1.54) is 4.90 Å². The van der Waals surface area contributed by atoms with Crippen molar-refractivity contribution in [1.82, 2.24) is 20.1 Å². The van der Waals surface area contributed by atoms with Gasteiger partial charge in [0, 0.05) is 12.5 Å². The zero-order chi connectivity index (χ0) is 24.5. The largest absolute Gasteiger partial charge is 0.480 e. The van der Waals surface area contributed by atoms with Crippen LogP contribution in [0.2, 0.25) is 0 Å². The average Bonchev–Trinajstić information content (AvgIpc) is 3.44. The molecule has 2 amide bonds. The molecule has 2 heterocycles.